The molecule has 4 rings (SSSR count). The first-order valence-corrected chi connectivity index (χ1v) is 12.9. The van der Waals surface area contributed by atoms with Crippen LogP contribution in [0.2, 0.25) is 0 Å². The number of benzene rings is 3. The van der Waals surface area contributed by atoms with E-state index in [9.17, 15) is 4.39 Å². The summed E-state index contributed by atoms with van der Waals surface area (Å²) in [5.41, 5.74) is 6.11. The number of imidazole rings is 1. The Hall–Kier alpha value is -3.58. The summed E-state index contributed by atoms with van der Waals surface area (Å²) in [6, 6.07) is 18.8. The molecule has 0 fully saturated rings. The maximum Gasteiger partial charge on any atom is 0.187 e. The van der Waals surface area contributed by atoms with E-state index < -0.39 is 0 Å². The Labute approximate surface area is 214 Å². The molecule has 186 valence electrons. The third-order valence-corrected chi connectivity index (χ3v) is 6.74. The zero-order valence-electron chi connectivity index (χ0n) is 21.8. The molecule has 0 saturated carbocycles. The number of halogens is 1. The van der Waals surface area contributed by atoms with Gasteiger partial charge in [0.05, 0.1) is 24.2 Å². The zero-order valence-corrected chi connectivity index (χ0v) is 21.8. The molecule has 36 heavy (non-hydrogen) atoms. The maximum absolute atomic E-state index is 13.4. The van der Waals surface area contributed by atoms with Gasteiger partial charge in [0.2, 0.25) is 0 Å². The van der Waals surface area contributed by atoms with Gasteiger partial charge in [-0.15, -0.1) is 0 Å². The van der Waals surface area contributed by atoms with Gasteiger partial charge in [-0.1, -0.05) is 63.3 Å². The van der Waals surface area contributed by atoms with Gasteiger partial charge in [-0.2, -0.15) is 0 Å². The maximum atomic E-state index is 13.4. The molecule has 0 N–H and O–H groups in total. The van der Waals surface area contributed by atoms with E-state index in [0.29, 0.717) is 18.3 Å². The normalized spacial score (nSPS) is 11.8. The lowest BCUT2D eigenvalue weighted by Gasteiger charge is -2.16. The predicted octanol–water partition coefficient (Wildman–Crippen LogP) is 7.84. The van der Waals surface area contributed by atoms with Crippen molar-refractivity contribution in [3.8, 4) is 17.6 Å². The molecule has 1 aromatic heterocycles. The summed E-state index contributed by atoms with van der Waals surface area (Å²) in [5.74, 6) is 8.66. The summed E-state index contributed by atoms with van der Waals surface area (Å²) in [7, 11) is 0. The highest BCUT2D eigenvalue weighted by molar-refractivity contribution is 5.77. The Bertz CT molecular complexity index is 1350. The van der Waals surface area contributed by atoms with E-state index in [1.807, 2.05) is 24.3 Å². The van der Waals surface area contributed by atoms with Gasteiger partial charge in [0.1, 0.15) is 11.6 Å². The second-order valence-electron chi connectivity index (χ2n) is 9.55. The summed E-state index contributed by atoms with van der Waals surface area (Å²) in [6.45, 7) is 9.97. The monoisotopic (exact) mass is 482 g/mol. The standard InChI is InChI=1S/C32H35FN2O/c1-5-7-10-25(6-2)22-36-28-19-23(3)29(24(4)20-28)17-18-32-34-30-11-8-9-12-31(30)35(32)21-26-13-15-27(33)16-14-26/h8-9,11-16,19-20,25H,5-7,10,21-22H2,1-4H3. The molecule has 0 aliphatic heterocycles. The Morgan fingerprint density at radius 1 is 0.972 bits per heavy atom. The Balaban J connectivity index is 1.60. The van der Waals surface area contributed by atoms with Gasteiger partial charge < -0.3 is 9.30 Å². The van der Waals surface area contributed by atoms with E-state index in [-0.39, 0.29) is 5.82 Å². The van der Waals surface area contributed by atoms with Gasteiger partial charge in [0.25, 0.3) is 0 Å². The number of nitrogens with zero attached hydrogens (tertiary/aromatic N) is 2. The molecule has 0 bridgehead atoms. The van der Waals surface area contributed by atoms with Crippen molar-refractivity contribution in [1.29, 1.82) is 0 Å². The van der Waals surface area contributed by atoms with Crippen LogP contribution in [0.3, 0.4) is 0 Å². The number of fused-ring (bicyclic) bond motifs is 1. The number of hydrogen-bond acceptors (Lipinski definition) is 2. The smallest absolute Gasteiger partial charge is 0.187 e. The van der Waals surface area contributed by atoms with Crippen LogP contribution in [-0.2, 0) is 6.54 Å². The van der Waals surface area contributed by atoms with E-state index in [1.54, 1.807) is 12.1 Å². The molecule has 0 saturated heterocycles. The molecule has 4 heteroatoms. The third-order valence-electron chi connectivity index (χ3n) is 6.74. The highest BCUT2D eigenvalue weighted by Gasteiger charge is 2.11. The van der Waals surface area contributed by atoms with E-state index in [0.717, 1.165) is 52.1 Å². The van der Waals surface area contributed by atoms with Crippen LogP contribution in [0.15, 0.2) is 60.7 Å². The minimum Gasteiger partial charge on any atom is -0.493 e. The summed E-state index contributed by atoms with van der Waals surface area (Å²) in [5, 5.41) is 0. The van der Waals surface area contributed by atoms with Crippen LogP contribution < -0.4 is 4.74 Å². The highest BCUT2D eigenvalue weighted by Crippen LogP contribution is 2.24. The number of para-hydroxylation sites is 2. The number of unbranched alkanes of at least 4 members (excludes halogenated alkanes) is 1. The van der Waals surface area contributed by atoms with Crippen molar-refractivity contribution in [1.82, 2.24) is 9.55 Å². The SMILES string of the molecule is CCCCC(CC)COc1cc(C)c(C#Cc2nc3ccccc3n2Cc2ccc(F)cc2)c(C)c1. The number of aryl methyl sites for hydroxylation is 2. The van der Waals surface area contributed by atoms with Gasteiger partial charge in [-0.25, -0.2) is 9.37 Å². The van der Waals surface area contributed by atoms with Crippen molar-refractivity contribution in [3.63, 3.8) is 0 Å². The van der Waals surface area contributed by atoms with Crippen LogP contribution in [0.5, 0.6) is 5.75 Å². The predicted molar refractivity (Wildman–Crippen MR) is 146 cm³/mol. The molecule has 0 aliphatic rings. The van der Waals surface area contributed by atoms with Crippen LogP contribution in [-0.4, -0.2) is 16.2 Å². The topological polar surface area (TPSA) is 27.1 Å². The lowest BCUT2D eigenvalue weighted by atomic mass is 10.00. The zero-order chi connectivity index (χ0) is 25.5. The molecule has 0 aliphatic carbocycles. The van der Waals surface area contributed by atoms with Crippen LogP contribution in [0.4, 0.5) is 4.39 Å². The van der Waals surface area contributed by atoms with Gasteiger partial charge in [-0.3, -0.25) is 0 Å². The molecular formula is C32H35FN2O. The summed E-state index contributed by atoms with van der Waals surface area (Å²) >= 11 is 0. The summed E-state index contributed by atoms with van der Waals surface area (Å²) in [6.07, 6.45) is 4.83. The van der Waals surface area contributed by atoms with Crippen LogP contribution in [0.1, 0.15) is 67.6 Å². The largest absolute Gasteiger partial charge is 0.493 e. The second kappa shape index (κ2) is 11.9. The van der Waals surface area contributed by atoms with E-state index in [2.05, 4.69) is 56.2 Å². The first-order chi connectivity index (χ1) is 17.5. The van der Waals surface area contributed by atoms with E-state index in [1.165, 1.54) is 31.4 Å². The molecule has 1 unspecified atom stereocenters. The summed E-state index contributed by atoms with van der Waals surface area (Å²) in [4.78, 5) is 4.79. The number of aromatic nitrogens is 2. The van der Waals surface area contributed by atoms with Gasteiger partial charge in [0, 0.05) is 5.56 Å². The van der Waals surface area contributed by atoms with E-state index >= 15 is 0 Å². The van der Waals surface area contributed by atoms with Gasteiger partial charge in [-0.05, 0) is 85.2 Å². The van der Waals surface area contributed by atoms with Crippen LogP contribution in [0.25, 0.3) is 11.0 Å². The average Bonchev–Trinajstić information content (AvgIpc) is 3.22. The summed E-state index contributed by atoms with van der Waals surface area (Å²) < 4.78 is 21.7. The fraction of sp³-hybridized carbons (Fsp3) is 0.344. The molecule has 4 aromatic rings. The minimum atomic E-state index is -0.237. The van der Waals surface area contributed by atoms with Crippen molar-refractivity contribution in [2.75, 3.05) is 6.61 Å². The first-order valence-electron chi connectivity index (χ1n) is 12.9. The highest BCUT2D eigenvalue weighted by atomic mass is 19.1. The molecule has 3 aromatic carbocycles. The molecule has 1 heterocycles. The molecule has 3 nitrogen and oxygen atoms in total. The van der Waals surface area contributed by atoms with Crippen molar-refractivity contribution >= 4 is 11.0 Å². The van der Waals surface area contributed by atoms with Crippen molar-refractivity contribution in [2.45, 2.75) is 59.9 Å². The average molecular weight is 483 g/mol. The minimum absolute atomic E-state index is 0.237. The lowest BCUT2D eigenvalue weighted by Crippen LogP contribution is -2.11. The quantitative estimate of drug-likeness (QED) is 0.227. The Morgan fingerprint density at radius 3 is 2.39 bits per heavy atom. The lowest BCUT2D eigenvalue weighted by molar-refractivity contribution is 0.233. The van der Waals surface area contributed by atoms with Crippen LogP contribution in [0, 0.1) is 37.4 Å². The molecule has 1 atom stereocenters. The molecule has 0 spiro atoms. The fourth-order valence-electron chi connectivity index (χ4n) is 4.54. The van der Waals surface area contributed by atoms with Gasteiger partial charge in [0.15, 0.2) is 5.82 Å². The van der Waals surface area contributed by atoms with Crippen molar-refractivity contribution in [3.05, 3.63) is 94.6 Å². The fourth-order valence-corrected chi connectivity index (χ4v) is 4.54. The Kier molecular flexibility index (Phi) is 8.44. The van der Waals surface area contributed by atoms with Crippen molar-refractivity contribution in [2.24, 2.45) is 5.92 Å². The number of ether oxygens (including phenoxy) is 1. The number of hydrogen-bond donors (Lipinski definition) is 0. The first kappa shape index (κ1) is 25.5. The van der Waals surface area contributed by atoms with Crippen LogP contribution >= 0.6 is 0 Å². The van der Waals surface area contributed by atoms with Gasteiger partial charge >= 0.3 is 0 Å². The molecule has 0 amide bonds. The molecular weight excluding hydrogens is 447 g/mol. The molecule has 0 radical (unpaired) electrons. The second-order valence-corrected chi connectivity index (χ2v) is 9.55. The third kappa shape index (κ3) is 6.15. The van der Waals surface area contributed by atoms with Crippen molar-refractivity contribution < 1.29 is 9.13 Å². The van der Waals surface area contributed by atoms with E-state index in [4.69, 9.17) is 9.72 Å². The Morgan fingerprint density at radius 2 is 1.69 bits per heavy atom. The number of rotatable bonds is 9.